The predicted octanol–water partition coefficient (Wildman–Crippen LogP) is 3.84. The second kappa shape index (κ2) is 4.46. The number of hydrogen-bond donors (Lipinski definition) is 0. The highest BCUT2D eigenvalue weighted by atomic mass is 14.3. The van der Waals surface area contributed by atoms with E-state index < -0.39 is 0 Å². The lowest BCUT2D eigenvalue weighted by Gasteiger charge is -2.32. The zero-order valence-electron chi connectivity index (χ0n) is 9.38. The van der Waals surface area contributed by atoms with E-state index in [1.807, 2.05) is 12.1 Å². The van der Waals surface area contributed by atoms with Crippen molar-refractivity contribution in [2.24, 2.45) is 11.3 Å². The Kier molecular flexibility index (Phi) is 3.52. The molecule has 0 heterocycles. The molecule has 76 valence electrons. The van der Waals surface area contributed by atoms with Crippen LogP contribution < -0.4 is 0 Å². The van der Waals surface area contributed by atoms with Gasteiger partial charge in [0.2, 0.25) is 0 Å². The standard InChI is InChI=1S/C13H19N/c1-13(2,3)12-8-6-11(7-9-12)5-4-10-14/h4-6,12H,7-9H2,1-3H3/b5-4+. The van der Waals surface area contributed by atoms with Gasteiger partial charge in [0.05, 0.1) is 6.07 Å². The summed E-state index contributed by atoms with van der Waals surface area (Å²) < 4.78 is 0. The lowest BCUT2D eigenvalue weighted by atomic mass is 9.73. The van der Waals surface area contributed by atoms with Crippen LogP contribution >= 0.6 is 0 Å². The number of rotatable bonds is 1. The summed E-state index contributed by atoms with van der Waals surface area (Å²) >= 11 is 0. The molecule has 1 nitrogen and oxygen atoms in total. The molecule has 0 aliphatic heterocycles. The molecule has 0 amide bonds. The molecular formula is C13H19N. The predicted molar refractivity (Wildman–Crippen MR) is 59.6 cm³/mol. The molecule has 14 heavy (non-hydrogen) atoms. The SMILES string of the molecule is CC(C)(C)C1CC=C(/C=C/C#N)CC1. The van der Waals surface area contributed by atoms with Gasteiger partial charge in [-0.15, -0.1) is 0 Å². The van der Waals surface area contributed by atoms with Crippen LogP contribution in [0.1, 0.15) is 40.0 Å². The second-order valence-corrected chi connectivity index (χ2v) is 5.08. The smallest absolute Gasteiger partial charge is 0.0912 e. The van der Waals surface area contributed by atoms with E-state index in [0.29, 0.717) is 5.41 Å². The Morgan fingerprint density at radius 3 is 2.64 bits per heavy atom. The number of nitriles is 1. The monoisotopic (exact) mass is 189 g/mol. The third kappa shape index (κ3) is 3.03. The minimum Gasteiger partial charge on any atom is -0.193 e. The molecule has 0 spiro atoms. The van der Waals surface area contributed by atoms with E-state index >= 15 is 0 Å². The molecule has 0 radical (unpaired) electrons. The first-order valence-electron chi connectivity index (χ1n) is 5.29. The van der Waals surface area contributed by atoms with Gasteiger partial charge in [-0.2, -0.15) is 5.26 Å². The third-order valence-electron chi connectivity index (χ3n) is 3.04. The Balaban J connectivity index is 2.57. The Morgan fingerprint density at radius 1 is 1.50 bits per heavy atom. The zero-order chi connectivity index (χ0) is 10.6. The maximum atomic E-state index is 8.41. The summed E-state index contributed by atoms with van der Waals surface area (Å²) in [4.78, 5) is 0. The van der Waals surface area contributed by atoms with Crippen molar-refractivity contribution in [3.05, 3.63) is 23.8 Å². The first-order valence-corrected chi connectivity index (χ1v) is 5.29. The molecule has 1 atom stereocenters. The fourth-order valence-corrected chi connectivity index (χ4v) is 1.94. The molecule has 0 saturated heterocycles. The van der Waals surface area contributed by atoms with Crippen LogP contribution in [0.5, 0.6) is 0 Å². The van der Waals surface area contributed by atoms with E-state index in [1.165, 1.54) is 12.0 Å². The summed E-state index contributed by atoms with van der Waals surface area (Å²) in [5.74, 6) is 0.793. The molecule has 0 aromatic carbocycles. The van der Waals surface area contributed by atoms with Gasteiger partial charge in [-0.1, -0.05) is 32.4 Å². The quantitative estimate of drug-likeness (QED) is 0.575. The summed E-state index contributed by atoms with van der Waals surface area (Å²) in [6, 6.07) is 2.04. The van der Waals surface area contributed by atoms with Crippen LogP contribution in [0.2, 0.25) is 0 Å². The molecule has 0 aromatic rings. The topological polar surface area (TPSA) is 23.8 Å². The summed E-state index contributed by atoms with van der Waals surface area (Å²) in [6.45, 7) is 6.92. The molecule has 1 heteroatoms. The van der Waals surface area contributed by atoms with Crippen LogP contribution in [0, 0.1) is 22.7 Å². The van der Waals surface area contributed by atoms with Gasteiger partial charge in [-0.25, -0.2) is 0 Å². The Hall–Kier alpha value is -1.03. The van der Waals surface area contributed by atoms with Crippen LogP contribution in [0.15, 0.2) is 23.8 Å². The number of allylic oxidation sites excluding steroid dienone is 4. The largest absolute Gasteiger partial charge is 0.193 e. The molecule has 0 bridgehead atoms. The highest BCUT2D eigenvalue weighted by Gasteiger charge is 2.25. The molecule has 0 N–H and O–H groups in total. The fourth-order valence-electron chi connectivity index (χ4n) is 1.94. The molecule has 0 aromatic heterocycles. The van der Waals surface area contributed by atoms with Crippen LogP contribution in [0.3, 0.4) is 0 Å². The molecule has 1 unspecified atom stereocenters. The molecule has 1 rings (SSSR count). The Bertz CT molecular complexity index is 283. The number of nitrogens with zero attached hydrogens (tertiary/aromatic N) is 1. The summed E-state index contributed by atoms with van der Waals surface area (Å²) in [5.41, 5.74) is 1.74. The lowest BCUT2D eigenvalue weighted by molar-refractivity contribution is 0.221. The molecule has 1 aliphatic carbocycles. The minimum absolute atomic E-state index is 0.418. The van der Waals surface area contributed by atoms with Gasteiger partial charge in [-0.3, -0.25) is 0 Å². The van der Waals surface area contributed by atoms with Crippen molar-refractivity contribution in [1.29, 1.82) is 5.26 Å². The van der Waals surface area contributed by atoms with Crippen molar-refractivity contribution in [3.8, 4) is 6.07 Å². The zero-order valence-corrected chi connectivity index (χ0v) is 9.38. The van der Waals surface area contributed by atoms with Crippen molar-refractivity contribution in [1.82, 2.24) is 0 Å². The summed E-state index contributed by atoms with van der Waals surface area (Å²) in [7, 11) is 0. The normalized spacial score (nSPS) is 23.3. The minimum atomic E-state index is 0.418. The van der Waals surface area contributed by atoms with Gasteiger partial charge in [0, 0.05) is 6.08 Å². The van der Waals surface area contributed by atoms with Crippen molar-refractivity contribution < 1.29 is 0 Å². The van der Waals surface area contributed by atoms with Gasteiger partial charge in [0.1, 0.15) is 0 Å². The Labute approximate surface area is 87.1 Å². The maximum absolute atomic E-state index is 8.41. The first kappa shape index (κ1) is 11.0. The average Bonchev–Trinajstić information content (AvgIpc) is 2.14. The highest BCUT2D eigenvalue weighted by molar-refractivity contribution is 5.24. The second-order valence-electron chi connectivity index (χ2n) is 5.08. The van der Waals surface area contributed by atoms with Crippen molar-refractivity contribution in [2.45, 2.75) is 40.0 Å². The Morgan fingerprint density at radius 2 is 2.21 bits per heavy atom. The van der Waals surface area contributed by atoms with Crippen LogP contribution in [0.4, 0.5) is 0 Å². The molecular weight excluding hydrogens is 170 g/mol. The number of hydrogen-bond acceptors (Lipinski definition) is 1. The van der Waals surface area contributed by atoms with Crippen LogP contribution in [0.25, 0.3) is 0 Å². The lowest BCUT2D eigenvalue weighted by Crippen LogP contribution is -2.21. The van der Waals surface area contributed by atoms with E-state index in [0.717, 1.165) is 18.8 Å². The first-order chi connectivity index (χ1) is 6.54. The molecule has 0 fully saturated rings. The third-order valence-corrected chi connectivity index (χ3v) is 3.04. The van der Waals surface area contributed by atoms with Gasteiger partial charge < -0.3 is 0 Å². The summed E-state index contributed by atoms with van der Waals surface area (Å²) in [6.07, 6.45) is 9.34. The van der Waals surface area contributed by atoms with Crippen molar-refractivity contribution in [3.63, 3.8) is 0 Å². The van der Waals surface area contributed by atoms with Gasteiger partial charge in [0.25, 0.3) is 0 Å². The van der Waals surface area contributed by atoms with Gasteiger partial charge >= 0.3 is 0 Å². The van der Waals surface area contributed by atoms with Crippen molar-refractivity contribution in [2.75, 3.05) is 0 Å². The van der Waals surface area contributed by atoms with E-state index in [2.05, 4.69) is 26.8 Å². The van der Waals surface area contributed by atoms with E-state index in [-0.39, 0.29) is 0 Å². The van der Waals surface area contributed by atoms with Gasteiger partial charge in [-0.05, 0) is 36.7 Å². The summed E-state index contributed by atoms with van der Waals surface area (Å²) in [5, 5.41) is 8.41. The van der Waals surface area contributed by atoms with Gasteiger partial charge in [0.15, 0.2) is 0 Å². The van der Waals surface area contributed by atoms with Crippen LogP contribution in [-0.2, 0) is 0 Å². The van der Waals surface area contributed by atoms with E-state index in [1.54, 1.807) is 6.08 Å². The van der Waals surface area contributed by atoms with Crippen molar-refractivity contribution >= 4 is 0 Å². The maximum Gasteiger partial charge on any atom is 0.0912 e. The average molecular weight is 189 g/mol. The molecule has 1 aliphatic rings. The highest BCUT2D eigenvalue weighted by Crippen LogP contribution is 2.37. The van der Waals surface area contributed by atoms with E-state index in [9.17, 15) is 0 Å². The van der Waals surface area contributed by atoms with E-state index in [4.69, 9.17) is 5.26 Å². The van der Waals surface area contributed by atoms with Crippen LogP contribution in [-0.4, -0.2) is 0 Å². The molecule has 0 saturated carbocycles. The fraction of sp³-hybridized carbons (Fsp3) is 0.615.